The standard InChI is InChI=1S/C10H10O4/c11-10(12)14-8-3-4-9-7(6-8)2-1-5-13-9/h3-4,6H,1-2,5H2,(H,11,12). The minimum absolute atomic E-state index is 0.349. The Morgan fingerprint density at radius 3 is 3.14 bits per heavy atom. The Balaban J connectivity index is 2.24. The largest absolute Gasteiger partial charge is 0.511 e. The lowest BCUT2D eigenvalue weighted by Crippen LogP contribution is -2.09. The summed E-state index contributed by atoms with van der Waals surface area (Å²) in [6.07, 6.45) is 0.581. The van der Waals surface area contributed by atoms with Gasteiger partial charge in [0, 0.05) is 0 Å². The first-order valence-electron chi connectivity index (χ1n) is 4.42. The van der Waals surface area contributed by atoms with E-state index < -0.39 is 6.16 Å². The van der Waals surface area contributed by atoms with E-state index in [-0.39, 0.29) is 0 Å². The molecule has 0 atom stereocenters. The maximum atomic E-state index is 10.3. The van der Waals surface area contributed by atoms with Gasteiger partial charge in [-0.25, -0.2) is 4.79 Å². The molecule has 0 fully saturated rings. The molecule has 4 nitrogen and oxygen atoms in total. The summed E-state index contributed by atoms with van der Waals surface area (Å²) in [5, 5.41) is 8.42. The second-order valence-electron chi connectivity index (χ2n) is 3.09. The van der Waals surface area contributed by atoms with Gasteiger partial charge in [-0.2, -0.15) is 0 Å². The number of hydrogen-bond acceptors (Lipinski definition) is 3. The van der Waals surface area contributed by atoms with Crippen molar-refractivity contribution >= 4 is 6.16 Å². The Labute approximate surface area is 81.1 Å². The number of carboxylic acid groups (broad SMARTS) is 1. The Kier molecular flexibility index (Phi) is 2.26. The molecular weight excluding hydrogens is 184 g/mol. The Hall–Kier alpha value is -1.71. The fraction of sp³-hybridized carbons (Fsp3) is 0.300. The van der Waals surface area contributed by atoms with E-state index in [1.807, 2.05) is 0 Å². The van der Waals surface area contributed by atoms with Crippen molar-refractivity contribution in [3.05, 3.63) is 23.8 Å². The lowest BCUT2D eigenvalue weighted by molar-refractivity contribution is 0.144. The predicted molar refractivity (Wildman–Crippen MR) is 48.9 cm³/mol. The third kappa shape index (κ3) is 1.79. The van der Waals surface area contributed by atoms with Crippen molar-refractivity contribution in [2.24, 2.45) is 0 Å². The monoisotopic (exact) mass is 194 g/mol. The average molecular weight is 194 g/mol. The van der Waals surface area contributed by atoms with E-state index in [4.69, 9.17) is 9.84 Å². The Morgan fingerprint density at radius 2 is 2.36 bits per heavy atom. The first-order valence-corrected chi connectivity index (χ1v) is 4.42. The summed E-state index contributed by atoms with van der Waals surface area (Å²) in [5.74, 6) is 1.18. The van der Waals surface area contributed by atoms with E-state index in [0.717, 1.165) is 30.8 Å². The molecule has 1 aliphatic rings. The van der Waals surface area contributed by atoms with Crippen molar-refractivity contribution in [3.8, 4) is 11.5 Å². The SMILES string of the molecule is O=C(O)Oc1ccc2c(c1)CCCO2. The fourth-order valence-corrected chi connectivity index (χ4v) is 1.50. The normalized spacial score (nSPS) is 14.0. The molecule has 0 aromatic heterocycles. The lowest BCUT2D eigenvalue weighted by atomic mass is 10.1. The molecule has 1 N–H and O–H groups in total. The van der Waals surface area contributed by atoms with Gasteiger partial charge >= 0.3 is 6.16 Å². The van der Waals surface area contributed by atoms with Gasteiger partial charge < -0.3 is 14.6 Å². The molecule has 1 aromatic rings. The molecule has 4 heteroatoms. The molecule has 0 saturated heterocycles. The molecule has 14 heavy (non-hydrogen) atoms. The van der Waals surface area contributed by atoms with E-state index in [1.54, 1.807) is 18.2 Å². The quantitative estimate of drug-likeness (QED) is 0.549. The van der Waals surface area contributed by atoms with Crippen molar-refractivity contribution in [1.82, 2.24) is 0 Å². The average Bonchev–Trinajstić information content (AvgIpc) is 2.17. The molecule has 2 rings (SSSR count). The highest BCUT2D eigenvalue weighted by Gasteiger charge is 2.11. The Bertz CT molecular complexity index is 359. The summed E-state index contributed by atoms with van der Waals surface area (Å²) >= 11 is 0. The van der Waals surface area contributed by atoms with Gasteiger partial charge in [0.25, 0.3) is 0 Å². The van der Waals surface area contributed by atoms with Crippen molar-refractivity contribution in [2.45, 2.75) is 12.8 Å². The van der Waals surface area contributed by atoms with E-state index >= 15 is 0 Å². The second-order valence-corrected chi connectivity index (χ2v) is 3.09. The summed E-state index contributed by atoms with van der Waals surface area (Å²) in [6.45, 7) is 0.728. The summed E-state index contributed by atoms with van der Waals surface area (Å²) in [7, 11) is 0. The van der Waals surface area contributed by atoms with Crippen molar-refractivity contribution < 1.29 is 19.4 Å². The zero-order valence-electron chi connectivity index (χ0n) is 7.53. The Morgan fingerprint density at radius 1 is 1.50 bits per heavy atom. The maximum absolute atomic E-state index is 10.3. The molecule has 0 saturated carbocycles. The number of fused-ring (bicyclic) bond motifs is 1. The number of rotatable bonds is 1. The van der Waals surface area contributed by atoms with Crippen LogP contribution in [0.5, 0.6) is 11.5 Å². The van der Waals surface area contributed by atoms with Crippen LogP contribution in [0.1, 0.15) is 12.0 Å². The summed E-state index contributed by atoms with van der Waals surface area (Å²) < 4.78 is 9.92. The highest BCUT2D eigenvalue weighted by atomic mass is 16.7. The number of benzene rings is 1. The van der Waals surface area contributed by atoms with Crippen LogP contribution in [-0.2, 0) is 6.42 Å². The minimum Gasteiger partial charge on any atom is -0.493 e. The molecule has 1 aromatic carbocycles. The molecule has 74 valence electrons. The van der Waals surface area contributed by atoms with Crippen LogP contribution in [0.4, 0.5) is 4.79 Å². The van der Waals surface area contributed by atoms with Gasteiger partial charge in [0.15, 0.2) is 0 Å². The zero-order chi connectivity index (χ0) is 9.97. The molecule has 0 aliphatic carbocycles. The van der Waals surface area contributed by atoms with E-state index in [9.17, 15) is 4.79 Å². The smallest absolute Gasteiger partial charge is 0.493 e. The molecular formula is C10H10O4. The van der Waals surface area contributed by atoms with Crippen LogP contribution >= 0.6 is 0 Å². The first-order chi connectivity index (χ1) is 6.75. The van der Waals surface area contributed by atoms with Crippen LogP contribution in [0.3, 0.4) is 0 Å². The van der Waals surface area contributed by atoms with Gasteiger partial charge in [0.05, 0.1) is 6.61 Å². The summed E-state index contributed by atoms with van der Waals surface area (Å²) in [5.41, 5.74) is 1.01. The molecule has 1 aliphatic heterocycles. The van der Waals surface area contributed by atoms with Crippen molar-refractivity contribution in [1.29, 1.82) is 0 Å². The predicted octanol–water partition coefficient (Wildman–Crippen LogP) is 2.07. The molecule has 0 radical (unpaired) electrons. The van der Waals surface area contributed by atoms with Crippen LogP contribution in [0, 0.1) is 0 Å². The van der Waals surface area contributed by atoms with Gasteiger partial charge in [0.2, 0.25) is 0 Å². The lowest BCUT2D eigenvalue weighted by Gasteiger charge is -2.17. The minimum atomic E-state index is -1.29. The first kappa shape index (κ1) is 8.87. The number of aryl methyl sites for hydroxylation is 1. The fourth-order valence-electron chi connectivity index (χ4n) is 1.50. The van der Waals surface area contributed by atoms with Crippen LogP contribution in [0.2, 0.25) is 0 Å². The van der Waals surface area contributed by atoms with E-state index in [0.29, 0.717) is 5.75 Å². The van der Waals surface area contributed by atoms with Crippen molar-refractivity contribution in [2.75, 3.05) is 6.61 Å². The zero-order valence-corrected chi connectivity index (χ0v) is 7.53. The molecule has 1 heterocycles. The topological polar surface area (TPSA) is 55.8 Å². The number of carbonyl (C=O) groups is 1. The molecule has 0 unspecified atom stereocenters. The van der Waals surface area contributed by atoms with Crippen molar-refractivity contribution in [3.63, 3.8) is 0 Å². The highest BCUT2D eigenvalue weighted by Crippen LogP contribution is 2.28. The number of hydrogen-bond donors (Lipinski definition) is 1. The van der Waals surface area contributed by atoms with Crippen LogP contribution in [-0.4, -0.2) is 17.9 Å². The van der Waals surface area contributed by atoms with Gasteiger partial charge in [-0.15, -0.1) is 0 Å². The molecule has 0 bridgehead atoms. The molecule has 0 amide bonds. The van der Waals surface area contributed by atoms with Gasteiger partial charge in [-0.3, -0.25) is 0 Å². The summed E-state index contributed by atoms with van der Waals surface area (Å²) in [4.78, 5) is 10.3. The van der Waals surface area contributed by atoms with Gasteiger partial charge in [-0.05, 0) is 36.6 Å². The second kappa shape index (κ2) is 3.57. The highest BCUT2D eigenvalue weighted by molar-refractivity contribution is 5.61. The van der Waals surface area contributed by atoms with E-state index in [1.165, 1.54) is 0 Å². The van der Waals surface area contributed by atoms with Crippen LogP contribution < -0.4 is 9.47 Å². The van der Waals surface area contributed by atoms with Gasteiger partial charge in [0.1, 0.15) is 11.5 Å². The van der Waals surface area contributed by atoms with Crippen LogP contribution in [0.25, 0.3) is 0 Å². The summed E-state index contributed by atoms with van der Waals surface area (Å²) in [6, 6.07) is 5.05. The number of ether oxygens (including phenoxy) is 2. The van der Waals surface area contributed by atoms with Gasteiger partial charge in [-0.1, -0.05) is 0 Å². The third-order valence-corrected chi connectivity index (χ3v) is 2.09. The third-order valence-electron chi connectivity index (χ3n) is 2.09. The molecule has 0 spiro atoms. The maximum Gasteiger partial charge on any atom is 0.511 e. The van der Waals surface area contributed by atoms with Crippen LogP contribution in [0.15, 0.2) is 18.2 Å². The van der Waals surface area contributed by atoms with E-state index in [2.05, 4.69) is 4.74 Å².